The van der Waals surface area contributed by atoms with Crippen molar-refractivity contribution in [2.45, 2.75) is 18.4 Å². The highest BCUT2D eigenvalue weighted by molar-refractivity contribution is 7.17. The van der Waals surface area contributed by atoms with Crippen molar-refractivity contribution in [1.82, 2.24) is 4.57 Å². The van der Waals surface area contributed by atoms with Gasteiger partial charge in [-0.15, -0.1) is 11.3 Å². The molecule has 0 atom stereocenters. The molecule has 0 bridgehead atoms. The molecule has 1 saturated carbocycles. The number of pyridine rings is 1. The molecule has 2 heterocycles. The molecule has 1 aliphatic carbocycles. The van der Waals surface area contributed by atoms with Crippen molar-refractivity contribution in [3.8, 4) is 22.6 Å². The number of nitrogens with zero attached hydrogens (tertiary/aromatic N) is 1. The Bertz CT molecular complexity index is 1350. The standard InChI is InChI=1S/C23H17F2NO3S/c1-26-12-17(15-6-9-30-21(15)22(26)27)16-10-13(23(28)7-8-23)2-4-19(16)29-20-5-3-14(24)11-18(20)25/h2-6,9-12,28H,7-8H2,1H3. The first-order valence-corrected chi connectivity index (χ1v) is 10.3. The lowest BCUT2D eigenvalue weighted by Crippen LogP contribution is -2.15. The van der Waals surface area contributed by atoms with Crippen LogP contribution >= 0.6 is 11.3 Å². The van der Waals surface area contributed by atoms with Gasteiger partial charge in [0.15, 0.2) is 11.6 Å². The van der Waals surface area contributed by atoms with Gasteiger partial charge >= 0.3 is 0 Å². The quantitative estimate of drug-likeness (QED) is 0.482. The second-order valence-corrected chi connectivity index (χ2v) is 8.46. The molecule has 4 nitrogen and oxygen atoms in total. The average molecular weight is 425 g/mol. The second-order valence-electron chi connectivity index (χ2n) is 7.54. The Balaban J connectivity index is 1.72. The number of hydrogen-bond acceptors (Lipinski definition) is 4. The van der Waals surface area contributed by atoms with E-state index in [0.717, 1.165) is 28.6 Å². The Morgan fingerprint density at radius 3 is 2.57 bits per heavy atom. The number of fused-ring (bicyclic) bond motifs is 1. The maximum Gasteiger partial charge on any atom is 0.268 e. The molecule has 152 valence electrons. The number of benzene rings is 2. The summed E-state index contributed by atoms with van der Waals surface area (Å²) in [5.41, 5.74) is 1.12. The molecule has 0 radical (unpaired) electrons. The molecule has 0 spiro atoms. The van der Waals surface area contributed by atoms with Crippen molar-refractivity contribution in [3.05, 3.63) is 81.6 Å². The van der Waals surface area contributed by atoms with Crippen molar-refractivity contribution >= 4 is 21.4 Å². The number of aromatic nitrogens is 1. The highest BCUT2D eigenvalue weighted by atomic mass is 32.1. The van der Waals surface area contributed by atoms with Crippen LogP contribution in [0.2, 0.25) is 0 Å². The monoisotopic (exact) mass is 425 g/mol. The van der Waals surface area contributed by atoms with Gasteiger partial charge in [-0.3, -0.25) is 4.79 Å². The van der Waals surface area contributed by atoms with Crippen LogP contribution in [0, 0.1) is 11.6 Å². The van der Waals surface area contributed by atoms with Crippen LogP contribution in [0.4, 0.5) is 8.78 Å². The Hall–Kier alpha value is -3.03. The van der Waals surface area contributed by atoms with Crippen molar-refractivity contribution in [2.24, 2.45) is 7.05 Å². The van der Waals surface area contributed by atoms with Crippen LogP contribution in [0.1, 0.15) is 18.4 Å². The first-order chi connectivity index (χ1) is 14.4. The van der Waals surface area contributed by atoms with Gasteiger partial charge in [0.1, 0.15) is 16.3 Å². The summed E-state index contributed by atoms with van der Waals surface area (Å²) >= 11 is 1.35. The second kappa shape index (κ2) is 6.75. The molecule has 1 N–H and O–H groups in total. The fourth-order valence-corrected chi connectivity index (χ4v) is 4.48. The first-order valence-electron chi connectivity index (χ1n) is 9.43. The number of aliphatic hydroxyl groups is 1. The minimum atomic E-state index is -0.872. The molecule has 2 aromatic heterocycles. The van der Waals surface area contributed by atoms with Crippen LogP contribution in [0.5, 0.6) is 11.5 Å². The summed E-state index contributed by atoms with van der Waals surface area (Å²) in [6.07, 6.45) is 3.04. The lowest BCUT2D eigenvalue weighted by Gasteiger charge is -2.17. The smallest absolute Gasteiger partial charge is 0.268 e. The third-order valence-corrected chi connectivity index (χ3v) is 6.34. The van der Waals surface area contributed by atoms with E-state index in [1.54, 1.807) is 25.4 Å². The SMILES string of the molecule is Cn1cc(-c2cc(C3(O)CC3)ccc2Oc2ccc(F)cc2F)c2ccsc2c1=O. The zero-order valence-electron chi connectivity index (χ0n) is 16.0. The Kier molecular flexibility index (Phi) is 4.27. The molecule has 0 aliphatic heterocycles. The first kappa shape index (κ1) is 19.0. The summed E-state index contributed by atoms with van der Waals surface area (Å²) in [6.45, 7) is 0. The van der Waals surface area contributed by atoms with Crippen LogP contribution in [-0.4, -0.2) is 9.67 Å². The van der Waals surface area contributed by atoms with E-state index in [4.69, 9.17) is 4.74 Å². The van der Waals surface area contributed by atoms with Crippen molar-refractivity contribution in [2.75, 3.05) is 0 Å². The summed E-state index contributed by atoms with van der Waals surface area (Å²) in [4.78, 5) is 12.5. The number of rotatable bonds is 4. The molecular formula is C23H17F2NO3S. The number of thiophene rings is 1. The minimum absolute atomic E-state index is 0.104. The van der Waals surface area contributed by atoms with Crippen LogP contribution in [0.25, 0.3) is 21.2 Å². The van der Waals surface area contributed by atoms with E-state index >= 15 is 0 Å². The summed E-state index contributed by atoms with van der Waals surface area (Å²) in [6, 6.07) is 10.2. The van der Waals surface area contributed by atoms with Gasteiger partial charge in [-0.1, -0.05) is 6.07 Å². The molecule has 0 unspecified atom stereocenters. The molecule has 1 aliphatic rings. The summed E-state index contributed by atoms with van der Waals surface area (Å²) in [7, 11) is 1.67. The Morgan fingerprint density at radius 2 is 1.83 bits per heavy atom. The van der Waals surface area contributed by atoms with Gasteiger partial charge in [0.25, 0.3) is 5.56 Å². The summed E-state index contributed by atoms with van der Waals surface area (Å²) in [5, 5.41) is 13.2. The molecule has 0 saturated heterocycles. The predicted molar refractivity (Wildman–Crippen MR) is 112 cm³/mol. The van der Waals surface area contributed by atoms with Crippen molar-refractivity contribution < 1.29 is 18.6 Å². The minimum Gasteiger partial charge on any atom is -0.454 e. The van der Waals surface area contributed by atoms with Crippen LogP contribution in [0.3, 0.4) is 0 Å². The van der Waals surface area contributed by atoms with E-state index in [2.05, 4.69) is 0 Å². The zero-order chi connectivity index (χ0) is 21.0. The molecule has 0 amide bonds. The largest absolute Gasteiger partial charge is 0.454 e. The Morgan fingerprint density at radius 1 is 1.07 bits per heavy atom. The molecule has 2 aromatic carbocycles. The van der Waals surface area contributed by atoms with E-state index in [9.17, 15) is 18.7 Å². The number of hydrogen-bond donors (Lipinski definition) is 1. The van der Waals surface area contributed by atoms with Gasteiger partial charge in [-0.05, 0) is 54.1 Å². The highest BCUT2D eigenvalue weighted by Gasteiger charge is 2.42. The molecule has 1 fully saturated rings. The molecule has 5 rings (SSSR count). The normalized spacial score (nSPS) is 14.8. The molecule has 30 heavy (non-hydrogen) atoms. The number of halogens is 2. The van der Waals surface area contributed by atoms with Gasteiger partial charge in [0.05, 0.1) is 5.60 Å². The molecular weight excluding hydrogens is 408 g/mol. The fourth-order valence-electron chi connectivity index (χ4n) is 3.59. The third kappa shape index (κ3) is 3.11. The zero-order valence-corrected chi connectivity index (χ0v) is 16.8. The van der Waals surface area contributed by atoms with E-state index in [-0.39, 0.29) is 11.3 Å². The fraction of sp³-hybridized carbons (Fsp3) is 0.174. The maximum absolute atomic E-state index is 14.2. The Labute approximate surface area is 174 Å². The highest BCUT2D eigenvalue weighted by Crippen LogP contribution is 2.48. The van der Waals surface area contributed by atoms with Gasteiger partial charge in [0, 0.05) is 35.8 Å². The van der Waals surface area contributed by atoms with E-state index in [1.807, 2.05) is 17.5 Å². The average Bonchev–Trinajstić information content (AvgIpc) is 3.28. The van der Waals surface area contributed by atoms with E-state index in [0.29, 0.717) is 28.9 Å². The van der Waals surface area contributed by atoms with Crippen LogP contribution < -0.4 is 10.3 Å². The third-order valence-electron chi connectivity index (χ3n) is 5.44. The summed E-state index contributed by atoms with van der Waals surface area (Å²) < 4.78 is 35.4. The number of ether oxygens (including phenoxy) is 1. The lowest BCUT2D eigenvalue weighted by molar-refractivity contribution is 0.151. The van der Waals surface area contributed by atoms with Gasteiger partial charge in [-0.25, -0.2) is 8.78 Å². The van der Waals surface area contributed by atoms with Gasteiger partial charge < -0.3 is 14.4 Å². The van der Waals surface area contributed by atoms with Gasteiger partial charge in [0.2, 0.25) is 0 Å². The number of aryl methyl sites for hydroxylation is 1. The maximum atomic E-state index is 14.2. The van der Waals surface area contributed by atoms with Crippen LogP contribution in [-0.2, 0) is 12.6 Å². The molecule has 7 heteroatoms. The van der Waals surface area contributed by atoms with Crippen molar-refractivity contribution in [1.29, 1.82) is 0 Å². The topological polar surface area (TPSA) is 51.5 Å². The predicted octanol–water partition coefficient (Wildman–Crippen LogP) is 5.32. The van der Waals surface area contributed by atoms with Crippen molar-refractivity contribution in [3.63, 3.8) is 0 Å². The summed E-state index contributed by atoms with van der Waals surface area (Å²) in [5.74, 6) is -1.27. The van der Waals surface area contributed by atoms with E-state index < -0.39 is 17.2 Å². The van der Waals surface area contributed by atoms with Gasteiger partial charge in [-0.2, -0.15) is 0 Å². The van der Waals surface area contributed by atoms with Crippen LogP contribution in [0.15, 0.2) is 58.8 Å². The lowest BCUT2D eigenvalue weighted by atomic mass is 9.97. The van der Waals surface area contributed by atoms with E-state index in [1.165, 1.54) is 22.0 Å². The molecule has 4 aromatic rings.